The van der Waals surface area contributed by atoms with Gasteiger partial charge in [0.1, 0.15) is 5.69 Å². The normalized spacial score (nSPS) is 10.6. The van der Waals surface area contributed by atoms with Crippen molar-refractivity contribution in [3.8, 4) is 0 Å². The van der Waals surface area contributed by atoms with E-state index in [-0.39, 0.29) is 11.9 Å². The van der Waals surface area contributed by atoms with Gasteiger partial charge in [0.05, 0.1) is 6.42 Å². The lowest BCUT2D eigenvalue weighted by atomic mass is 10.1. The van der Waals surface area contributed by atoms with Gasteiger partial charge in [-0.25, -0.2) is 0 Å². The number of anilines is 1. The second-order valence-electron chi connectivity index (χ2n) is 4.96. The summed E-state index contributed by atoms with van der Waals surface area (Å²) in [5, 5.41) is 14.3. The number of carbonyl (C=O) groups excluding carboxylic acids is 1. The van der Waals surface area contributed by atoms with Gasteiger partial charge in [0.25, 0.3) is 5.91 Å². The number of aromatic nitrogens is 4. The summed E-state index contributed by atoms with van der Waals surface area (Å²) in [6.07, 6.45) is 2.07. The van der Waals surface area contributed by atoms with E-state index >= 15 is 0 Å². The van der Waals surface area contributed by atoms with Crippen molar-refractivity contribution in [1.29, 1.82) is 0 Å². The summed E-state index contributed by atoms with van der Waals surface area (Å²) in [4.78, 5) is 12.0. The molecule has 0 spiro atoms. The van der Waals surface area contributed by atoms with Gasteiger partial charge in [-0.2, -0.15) is 5.10 Å². The average Bonchev–Trinajstić information content (AvgIpc) is 3.10. The van der Waals surface area contributed by atoms with Gasteiger partial charge >= 0.3 is 6.01 Å². The van der Waals surface area contributed by atoms with Crippen LogP contribution < -0.4 is 5.32 Å². The van der Waals surface area contributed by atoms with Crippen LogP contribution in [0.25, 0.3) is 0 Å². The summed E-state index contributed by atoms with van der Waals surface area (Å²) in [6, 6.07) is 9.75. The molecule has 2 heterocycles. The maximum absolute atomic E-state index is 12.0. The molecular formula is C15H15N5O2. The standard InChI is InChI=1S/C15H15N5O2/c1-10-3-5-11(6-4-10)9-13-18-19-15(22-13)17-14(21)12-7-8-16-20(12)2/h3-8H,9H2,1-2H3,(H,17,19,21). The Bertz CT molecular complexity index is 788. The number of benzene rings is 1. The summed E-state index contributed by atoms with van der Waals surface area (Å²) in [5.41, 5.74) is 2.68. The van der Waals surface area contributed by atoms with Crippen molar-refractivity contribution < 1.29 is 9.21 Å². The first kappa shape index (κ1) is 14.0. The number of hydrogen-bond donors (Lipinski definition) is 1. The van der Waals surface area contributed by atoms with E-state index in [4.69, 9.17) is 4.42 Å². The van der Waals surface area contributed by atoms with E-state index in [0.717, 1.165) is 5.56 Å². The molecule has 7 heteroatoms. The molecule has 0 aliphatic heterocycles. The molecule has 1 N–H and O–H groups in total. The van der Waals surface area contributed by atoms with Crippen LogP contribution in [0, 0.1) is 6.92 Å². The number of hydrogen-bond acceptors (Lipinski definition) is 5. The predicted octanol–water partition coefficient (Wildman–Crippen LogP) is 1.95. The van der Waals surface area contributed by atoms with Crippen LogP contribution in [0.4, 0.5) is 6.01 Å². The van der Waals surface area contributed by atoms with Gasteiger partial charge in [0.2, 0.25) is 5.89 Å². The Morgan fingerprint density at radius 2 is 2.00 bits per heavy atom. The summed E-state index contributed by atoms with van der Waals surface area (Å²) in [7, 11) is 1.69. The molecule has 112 valence electrons. The lowest BCUT2D eigenvalue weighted by molar-refractivity contribution is 0.101. The van der Waals surface area contributed by atoms with Crippen LogP contribution in [0.2, 0.25) is 0 Å². The largest absolute Gasteiger partial charge is 0.407 e. The lowest BCUT2D eigenvalue weighted by Crippen LogP contribution is -2.16. The van der Waals surface area contributed by atoms with Gasteiger partial charge in [-0.3, -0.25) is 14.8 Å². The molecule has 0 radical (unpaired) electrons. The molecule has 0 bridgehead atoms. The number of nitrogens with one attached hydrogen (secondary N) is 1. The van der Waals surface area contributed by atoms with Crippen LogP contribution in [-0.4, -0.2) is 25.9 Å². The molecule has 0 saturated heterocycles. The monoisotopic (exact) mass is 297 g/mol. The minimum absolute atomic E-state index is 0.0771. The Morgan fingerprint density at radius 3 is 2.68 bits per heavy atom. The van der Waals surface area contributed by atoms with Crippen LogP contribution in [0.3, 0.4) is 0 Å². The third-order valence-electron chi connectivity index (χ3n) is 3.22. The van der Waals surface area contributed by atoms with Crippen molar-refractivity contribution in [3.05, 3.63) is 59.2 Å². The third kappa shape index (κ3) is 3.03. The minimum Gasteiger partial charge on any atom is -0.407 e. The number of aryl methyl sites for hydroxylation is 2. The smallest absolute Gasteiger partial charge is 0.322 e. The second-order valence-corrected chi connectivity index (χ2v) is 4.96. The quantitative estimate of drug-likeness (QED) is 0.795. The highest BCUT2D eigenvalue weighted by Crippen LogP contribution is 2.13. The molecule has 1 amide bonds. The van der Waals surface area contributed by atoms with E-state index in [1.807, 2.05) is 31.2 Å². The summed E-state index contributed by atoms with van der Waals surface area (Å²) < 4.78 is 6.91. The van der Waals surface area contributed by atoms with Gasteiger partial charge in [0.15, 0.2) is 0 Å². The van der Waals surface area contributed by atoms with E-state index in [2.05, 4.69) is 20.6 Å². The van der Waals surface area contributed by atoms with E-state index in [1.54, 1.807) is 19.3 Å². The van der Waals surface area contributed by atoms with Gasteiger partial charge in [-0.05, 0) is 18.6 Å². The van der Waals surface area contributed by atoms with E-state index in [0.29, 0.717) is 18.0 Å². The second kappa shape index (κ2) is 5.80. The fourth-order valence-corrected chi connectivity index (χ4v) is 2.01. The van der Waals surface area contributed by atoms with Crippen molar-refractivity contribution in [1.82, 2.24) is 20.0 Å². The van der Waals surface area contributed by atoms with Gasteiger partial charge in [0, 0.05) is 13.2 Å². The van der Waals surface area contributed by atoms with Crippen LogP contribution in [0.15, 0.2) is 40.9 Å². The molecule has 0 aliphatic rings. The lowest BCUT2D eigenvalue weighted by Gasteiger charge is -2.00. The zero-order valence-electron chi connectivity index (χ0n) is 12.3. The Labute approximate surface area is 127 Å². The first-order valence-electron chi connectivity index (χ1n) is 6.79. The molecule has 1 aromatic carbocycles. The van der Waals surface area contributed by atoms with Gasteiger partial charge < -0.3 is 4.42 Å². The number of rotatable bonds is 4. The van der Waals surface area contributed by atoms with E-state index < -0.39 is 0 Å². The van der Waals surface area contributed by atoms with E-state index in [9.17, 15) is 4.79 Å². The molecule has 2 aromatic heterocycles. The Morgan fingerprint density at radius 1 is 1.23 bits per heavy atom. The van der Waals surface area contributed by atoms with Crippen molar-refractivity contribution in [2.45, 2.75) is 13.3 Å². The minimum atomic E-state index is -0.342. The highest BCUT2D eigenvalue weighted by molar-refractivity contribution is 6.01. The molecule has 0 aliphatic carbocycles. The fraction of sp³-hybridized carbons (Fsp3) is 0.200. The van der Waals surface area contributed by atoms with Crippen molar-refractivity contribution in [2.75, 3.05) is 5.32 Å². The molecule has 3 rings (SSSR count). The molecule has 0 atom stereocenters. The molecule has 0 saturated carbocycles. The van der Waals surface area contributed by atoms with Gasteiger partial charge in [-0.15, -0.1) is 5.10 Å². The van der Waals surface area contributed by atoms with Crippen molar-refractivity contribution in [2.24, 2.45) is 7.05 Å². The third-order valence-corrected chi connectivity index (χ3v) is 3.22. The first-order valence-corrected chi connectivity index (χ1v) is 6.79. The average molecular weight is 297 g/mol. The maximum atomic E-state index is 12.0. The number of amides is 1. The predicted molar refractivity (Wildman–Crippen MR) is 79.4 cm³/mol. The first-order chi connectivity index (χ1) is 10.6. The summed E-state index contributed by atoms with van der Waals surface area (Å²) in [6.45, 7) is 2.03. The summed E-state index contributed by atoms with van der Waals surface area (Å²) in [5.74, 6) is 0.106. The molecule has 0 unspecified atom stereocenters. The summed E-state index contributed by atoms with van der Waals surface area (Å²) >= 11 is 0. The van der Waals surface area contributed by atoms with Gasteiger partial charge in [-0.1, -0.05) is 34.9 Å². The zero-order chi connectivity index (χ0) is 15.5. The van der Waals surface area contributed by atoms with Crippen molar-refractivity contribution in [3.63, 3.8) is 0 Å². The Balaban J connectivity index is 1.67. The van der Waals surface area contributed by atoms with Crippen LogP contribution in [0.1, 0.15) is 27.5 Å². The van der Waals surface area contributed by atoms with Crippen LogP contribution in [0.5, 0.6) is 0 Å². The van der Waals surface area contributed by atoms with Crippen LogP contribution >= 0.6 is 0 Å². The maximum Gasteiger partial charge on any atom is 0.322 e. The molecule has 7 nitrogen and oxygen atoms in total. The highest BCUT2D eigenvalue weighted by Gasteiger charge is 2.14. The molecular weight excluding hydrogens is 282 g/mol. The Kier molecular flexibility index (Phi) is 3.69. The number of carbonyl (C=O) groups is 1. The van der Waals surface area contributed by atoms with Crippen molar-refractivity contribution >= 4 is 11.9 Å². The highest BCUT2D eigenvalue weighted by atomic mass is 16.4. The Hall–Kier alpha value is -2.96. The molecule has 3 aromatic rings. The molecule has 22 heavy (non-hydrogen) atoms. The SMILES string of the molecule is Cc1ccc(Cc2nnc(NC(=O)c3ccnn3C)o2)cc1. The number of nitrogens with zero attached hydrogens (tertiary/aromatic N) is 4. The fourth-order valence-electron chi connectivity index (χ4n) is 2.01. The van der Waals surface area contributed by atoms with Crippen LogP contribution in [-0.2, 0) is 13.5 Å². The van der Waals surface area contributed by atoms with E-state index in [1.165, 1.54) is 10.2 Å². The zero-order valence-corrected chi connectivity index (χ0v) is 12.3. The topological polar surface area (TPSA) is 85.8 Å². The molecule has 0 fully saturated rings.